The van der Waals surface area contributed by atoms with E-state index in [1.165, 1.54) is 6.42 Å². The normalized spacial score (nSPS) is 19.1. The number of hydrazine groups is 1. The molecule has 0 bridgehead atoms. The summed E-state index contributed by atoms with van der Waals surface area (Å²) in [5.41, 5.74) is 2.90. The topological polar surface area (TPSA) is 83.3 Å². The molecule has 2 heterocycles. The van der Waals surface area contributed by atoms with Crippen LogP contribution < -0.4 is 16.6 Å². The standard InChI is InChI=1S/C13H20BrN5O/c1-2-19-5-3-4-10(19)8-17-13(20)11-6-9(14)7-16-12(11)18-15/h6-7,10H,2-5,8,15H2,1H3,(H,16,18)(H,17,20). The number of carbonyl (C=O) groups excluding carboxylic acids is 1. The molecule has 2 rings (SSSR count). The number of nitrogen functional groups attached to an aromatic ring is 1. The Morgan fingerprint density at radius 1 is 1.65 bits per heavy atom. The summed E-state index contributed by atoms with van der Waals surface area (Å²) in [6.45, 7) is 4.94. The van der Waals surface area contributed by atoms with Crippen LogP contribution in [0.2, 0.25) is 0 Å². The molecule has 1 aliphatic heterocycles. The number of likely N-dealkylation sites (tertiary alicyclic amines) is 1. The number of likely N-dealkylation sites (N-methyl/N-ethyl adjacent to an activating group) is 1. The summed E-state index contributed by atoms with van der Waals surface area (Å²) in [5.74, 6) is 5.61. The van der Waals surface area contributed by atoms with Gasteiger partial charge in [-0.3, -0.25) is 9.69 Å². The molecule has 1 fully saturated rings. The zero-order valence-corrected chi connectivity index (χ0v) is 13.1. The molecule has 110 valence electrons. The van der Waals surface area contributed by atoms with Gasteiger partial charge in [0.2, 0.25) is 0 Å². The quantitative estimate of drug-likeness (QED) is 0.556. The molecule has 20 heavy (non-hydrogen) atoms. The van der Waals surface area contributed by atoms with Crippen molar-refractivity contribution >= 4 is 27.7 Å². The minimum atomic E-state index is -0.158. The number of carbonyl (C=O) groups is 1. The number of nitrogens with one attached hydrogen (secondary N) is 2. The second kappa shape index (κ2) is 7.01. The third-order valence-electron chi connectivity index (χ3n) is 3.64. The predicted molar refractivity (Wildman–Crippen MR) is 82.3 cm³/mol. The van der Waals surface area contributed by atoms with E-state index in [1.807, 2.05) is 0 Å². The molecule has 1 aliphatic rings. The highest BCUT2D eigenvalue weighted by Gasteiger charge is 2.23. The van der Waals surface area contributed by atoms with E-state index in [0.29, 0.717) is 24.0 Å². The van der Waals surface area contributed by atoms with Crippen LogP contribution in [0.15, 0.2) is 16.7 Å². The van der Waals surface area contributed by atoms with Gasteiger partial charge in [0.05, 0.1) is 5.56 Å². The molecule has 0 aromatic carbocycles. The molecule has 0 saturated carbocycles. The van der Waals surface area contributed by atoms with Crippen molar-refractivity contribution < 1.29 is 4.79 Å². The highest BCUT2D eigenvalue weighted by Crippen LogP contribution is 2.18. The molecule has 4 N–H and O–H groups in total. The molecule has 1 atom stereocenters. The lowest BCUT2D eigenvalue weighted by Crippen LogP contribution is -2.40. The van der Waals surface area contributed by atoms with Crippen molar-refractivity contribution in [2.24, 2.45) is 5.84 Å². The monoisotopic (exact) mass is 341 g/mol. The van der Waals surface area contributed by atoms with Crippen molar-refractivity contribution in [2.75, 3.05) is 25.1 Å². The summed E-state index contributed by atoms with van der Waals surface area (Å²) < 4.78 is 0.748. The molecule has 0 spiro atoms. The first-order valence-corrected chi connectivity index (χ1v) is 7.59. The lowest BCUT2D eigenvalue weighted by molar-refractivity contribution is 0.0942. The van der Waals surface area contributed by atoms with Crippen molar-refractivity contribution in [3.8, 4) is 0 Å². The fraction of sp³-hybridized carbons (Fsp3) is 0.538. The van der Waals surface area contributed by atoms with Gasteiger partial charge >= 0.3 is 0 Å². The van der Waals surface area contributed by atoms with E-state index >= 15 is 0 Å². The first-order chi connectivity index (χ1) is 9.65. The van der Waals surface area contributed by atoms with Crippen LogP contribution in [0.3, 0.4) is 0 Å². The highest BCUT2D eigenvalue weighted by atomic mass is 79.9. The largest absolute Gasteiger partial charge is 0.350 e. The van der Waals surface area contributed by atoms with Crippen molar-refractivity contribution in [1.29, 1.82) is 0 Å². The zero-order valence-electron chi connectivity index (χ0n) is 11.5. The maximum atomic E-state index is 12.2. The van der Waals surface area contributed by atoms with Gasteiger partial charge in [-0.2, -0.15) is 0 Å². The van der Waals surface area contributed by atoms with Crippen LogP contribution in [0.25, 0.3) is 0 Å². The average Bonchev–Trinajstić information content (AvgIpc) is 2.92. The molecular weight excluding hydrogens is 322 g/mol. The number of nitrogens with zero attached hydrogens (tertiary/aromatic N) is 2. The number of halogens is 1. The van der Waals surface area contributed by atoms with Gasteiger partial charge in [-0.15, -0.1) is 0 Å². The Hall–Kier alpha value is -1.18. The Morgan fingerprint density at radius 2 is 2.45 bits per heavy atom. The number of anilines is 1. The summed E-state index contributed by atoms with van der Waals surface area (Å²) in [5, 5.41) is 2.97. The van der Waals surface area contributed by atoms with Gasteiger partial charge in [0.15, 0.2) is 5.82 Å². The van der Waals surface area contributed by atoms with Gasteiger partial charge in [-0.1, -0.05) is 6.92 Å². The van der Waals surface area contributed by atoms with Crippen LogP contribution in [-0.4, -0.2) is 41.5 Å². The SMILES string of the molecule is CCN1CCCC1CNC(=O)c1cc(Br)cnc1NN. The number of nitrogens with two attached hydrogens (primary N) is 1. The summed E-state index contributed by atoms with van der Waals surface area (Å²) in [6.07, 6.45) is 3.93. The van der Waals surface area contributed by atoms with Gasteiger partial charge in [-0.05, 0) is 47.9 Å². The van der Waals surface area contributed by atoms with Gasteiger partial charge < -0.3 is 10.7 Å². The third kappa shape index (κ3) is 3.47. The van der Waals surface area contributed by atoms with E-state index in [9.17, 15) is 4.79 Å². The summed E-state index contributed by atoms with van der Waals surface area (Å²) in [4.78, 5) is 18.7. The second-order valence-electron chi connectivity index (χ2n) is 4.83. The van der Waals surface area contributed by atoms with E-state index in [1.54, 1.807) is 12.3 Å². The fourth-order valence-corrected chi connectivity index (χ4v) is 2.91. The first-order valence-electron chi connectivity index (χ1n) is 6.80. The summed E-state index contributed by atoms with van der Waals surface area (Å²) >= 11 is 3.31. The smallest absolute Gasteiger partial charge is 0.255 e. The Bertz CT molecular complexity index is 482. The molecule has 1 aromatic rings. The Balaban J connectivity index is 2.00. The number of pyridine rings is 1. The number of rotatable bonds is 5. The minimum absolute atomic E-state index is 0.158. The number of hydrogen-bond donors (Lipinski definition) is 3. The van der Waals surface area contributed by atoms with Gasteiger partial charge in [0, 0.05) is 23.3 Å². The van der Waals surface area contributed by atoms with Crippen LogP contribution in [0.1, 0.15) is 30.1 Å². The van der Waals surface area contributed by atoms with Crippen LogP contribution in [-0.2, 0) is 0 Å². The predicted octanol–water partition coefficient (Wildman–Crippen LogP) is 1.34. The van der Waals surface area contributed by atoms with Gasteiger partial charge in [0.1, 0.15) is 0 Å². The molecular formula is C13H20BrN5O. The molecule has 1 aromatic heterocycles. The maximum absolute atomic E-state index is 12.2. The Kier molecular flexibility index (Phi) is 5.33. The second-order valence-corrected chi connectivity index (χ2v) is 5.74. The molecule has 1 amide bonds. The number of amides is 1. The van der Waals surface area contributed by atoms with Crippen molar-refractivity contribution in [1.82, 2.24) is 15.2 Å². The van der Waals surface area contributed by atoms with Gasteiger partial charge in [-0.25, -0.2) is 10.8 Å². The third-order valence-corrected chi connectivity index (χ3v) is 4.07. The summed E-state index contributed by atoms with van der Waals surface area (Å²) in [7, 11) is 0. The molecule has 7 heteroatoms. The van der Waals surface area contributed by atoms with E-state index in [0.717, 1.165) is 24.0 Å². The average molecular weight is 342 g/mol. The number of aromatic nitrogens is 1. The van der Waals surface area contributed by atoms with E-state index in [-0.39, 0.29) is 5.91 Å². The van der Waals surface area contributed by atoms with E-state index in [4.69, 9.17) is 5.84 Å². The van der Waals surface area contributed by atoms with Gasteiger partial charge in [0.25, 0.3) is 5.91 Å². The lowest BCUT2D eigenvalue weighted by Gasteiger charge is -2.23. The van der Waals surface area contributed by atoms with E-state index in [2.05, 4.69) is 43.5 Å². The number of hydrogen-bond acceptors (Lipinski definition) is 5. The Morgan fingerprint density at radius 3 is 3.15 bits per heavy atom. The zero-order chi connectivity index (χ0) is 14.5. The van der Waals surface area contributed by atoms with Crippen molar-refractivity contribution in [2.45, 2.75) is 25.8 Å². The van der Waals surface area contributed by atoms with Crippen molar-refractivity contribution in [3.63, 3.8) is 0 Å². The first kappa shape index (κ1) is 15.2. The van der Waals surface area contributed by atoms with Crippen LogP contribution in [0.5, 0.6) is 0 Å². The molecule has 0 radical (unpaired) electrons. The highest BCUT2D eigenvalue weighted by molar-refractivity contribution is 9.10. The molecule has 0 aliphatic carbocycles. The Labute approximate surface area is 127 Å². The fourth-order valence-electron chi connectivity index (χ4n) is 2.58. The van der Waals surface area contributed by atoms with Crippen molar-refractivity contribution in [3.05, 3.63) is 22.3 Å². The van der Waals surface area contributed by atoms with Crippen LogP contribution in [0, 0.1) is 0 Å². The molecule has 1 unspecified atom stereocenters. The summed E-state index contributed by atoms with van der Waals surface area (Å²) in [6, 6.07) is 2.14. The molecule has 6 nitrogen and oxygen atoms in total. The lowest BCUT2D eigenvalue weighted by atomic mass is 10.2. The maximum Gasteiger partial charge on any atom is 0.255 e. The van der Waals surface area contributed by atoms with E-state index < -0.39 is 0 Å². The molecule has 1 saturated heterocycles. The van der Waals surface area contributed by atoms with Crippen LogP contribution in [0.4, 0.5) is 5.82 Å². The van der Waals surface area contributed by atoms with Crippen LogP contribution >= 0.6 is 15.9 Å². The minimum Gasteiger partial charge on any atom is -0.350 e.